The normalized spacial score (nSPS) is 20.7. The van der Waals surface area contributed by atoms with Gasteiger partial charge < -0.3 is 14.5 Å². The number of hydrogen-bond donors (Lipinski definition) is 1. The standard InChI is InChI=1S/C21H22FN3O3/c1-28-18-8-6-17(7-9-18)25-20(26)14-19(21(25)27)24-12-10-23(11-13-24)16-4-2-15(22)3-5-16/h2-9,19H,10-14H2,1H3/p+1/t19-/m0/s1. The maximum atomic E-state index is 13.1. The summed E-state index contributed by atoms with van der Waals surface area (Å²) in [5.41, 5.74) is 1.57. The summed E-state index contributed by atoms with van der Waals surface area (Å²) in [6.07, 6.45) is 0.233. The largest absolute Gasteiger partial charge is 0.497 e. The molecule has 0 aromatic heterocycles. The Morgan fingerprint density at radius 3 is 2.18 bits per heavy atom. The highest BCUT2D eigenvalue weighted by Crippen LogP contribution is 2.24. The summed E-state index contributed by atoms with van der Waals surface area (Å²) >= 11 is 0. The highest BCUT2D eigenvalue weighted by molar-refractivity contribution is 6.21. The maximum absolute atomic E-state index is 13.1. The number of methoxy groups -OCH3 is 1. The monoisotopic (exact) mass is 384 g/mol. The van der Waals surface area contributed by atoms with Crippen LogP contribution in [0.1, 0.15) is 6.42 Å². The van der Waals surface area contributed by atoms with Crippen molar-refractivity contribution < 1.29 is 23.6 Å². The number of benzene rings is 2. The molecule has 2 fully saturated rings. The molecule has 146 valence electrons. The third-order valence-electron chi connectivity index (χ3n) is 5.57. The van der Waals surface area contributed by atoms with Crippen molar-refractivity contribution in [1.82, 2.24) is 0 Å². The average molecular weight is 384 g/mol. The van der Waals surface area contributed by atoms with Crippen LogP contribution in [0, 0.1) is 5.82 Å². The Morgan fingerprint density at radius 2 is 1.57 bits per heavy atom. The van der Waals surface area contributed by atoms with Crippen LogP contribution in [0.5, 0.6) is 5.75 Å². The Morgan fingerprint density at radius 1 is 0.964 bits per heavy atom. The van der Waals surface area contributed by atoms with E-state index in [0.29, 0.717) is 11.4 Å². The smallest absolute Gasteiger partial charge is 0.292 e. The van der Waals surface area contributed by atoms with Crippen molar-refractivity contribution >= 4 is 23.2 Å². The summed E-state index contributed by atoms with van der Waals surface area (Å²) in [6, 6.07) is 13.1. The first-order valence-corrected chi connectivity index (χ1v) is 9.43. The van der Waals surface area contributed by atoms with Crippen molar-refractivity contribution in [2.75, 3.05) is 43.1 Å². The van der Waals surface area contributed by atoms with Gasteiger partial charge in [-0.2, -0.15) is 0 Å². The van der Waals surface area contributed by atoms with Gasteiger partial charge in [-0.1, -0.05) is 0 Å². The molecule has 2 aliphatic rings. The van der Waals surface area contributed by atoms with Gasteiger partial charge >= 0.3 is 0 Å². The predicted octanol–water partition coefficient (Wildman–Crippen LogP) is 0.871. The van der Waals surface area contributed by atoms with Crippen LogP contribution in [0.25, 0.3) is 0 Å². The fraction of sp³-hybridized carbons (Fsp3) is 0.333. The molecule has 1 N–H and O–H groups in total. The van der Waals surface area contributed by atoms with Crippen molar-refractivity contribution in [3.8, 4) is 5.75 Å². The van der Waals surface area contributed by atoms with E-state index in [0.717, 1.165) is 36.8 Å². The van der Waals surface area contributed by atoms with E-state index in [-0.39, 0.29) is 30.1 Å². The molecule has 1 atom stereocenters. The van der Waals surface area contributed by atoms with Gasteiger partial charge in [-0.05, 0) is 48.5 Å². The number of nitrogens with zero attached hydrogens (tertiary/aromatic N) is 2. The molecule has 2 saturated heterocycles. The van der Waals surface area contributed by atoms with Crippen LogP contribution in [0.4, 0.5) is 15.8 Å². The average Bonchev–Trinajstić information content (AvgIpc) is 3.03. The van der Waals surface area contributed by atoms with Crippen LogP contribution >= 0.6 is 0 Å². The molecule has 28 heavy (non-hydrogen) atoms. The summed E-state index contributed by atoms with van der Waals surface area (Å²) < 4.78 is 18.3. The number of carbonyl (C=O) groups is 2. The molecule has 2 amide bonds. The van der Waals surface area contributed by atoms with Gasteiger partial charge in [0, 0.05) is 5.69 Å². The Balaban J connectivity index is 1.42. The molecular formula is C21H23FN3O3+. The van der Waals surface area contributed by atoms with Gasteiger partial charge in [0.15, 0.2) is 6.04 Å². The molecule has 0 saturated carbocycles. The van der Waals surface area contributed by atoms with Crippen molar-refractivity contribution in [3.05, 3.63) is 54.3 Å². The van der Waals surface area contributed by atoms with Gasteiger partial charge in [-0.25, -0.2) is 9.29 Å². The second kappa shape index (κ2) is 7.59. The molecule has 0 spiro atoms. The lowest BCUT2D eigenvalue weighted by Gasteiger charge is -2.35. The fourth-order valence-corrected chi connectivity index (χ4v) is 4.01. The van der Waals surface area contributed by atoms with Crippen LogP contribution in [0.15, 0.2) is 48.5 Å². The van der Waals surface area contributed by atoms with Crippen LogP contribution in [-0.2, 0) is 9.59 Å². The predicted molar refractivity (Wildman–Crippen MR) is 103 cm³/mol. The zero-order chi connectivity index (χ0) is 19.7. The second-order valence-corrected chi connectivity index (χ2v) is 7.14. The van der Waals surface area contributed by atoms with Gasteiger partial charge in [0.2, 0.25) is 5.91 Å². The van der Waals surface area contributed by atoms with Crippen molar-refractivity contribution in [2.24, 2.45) is 0 Å². The van der Waals surface area contributed by atoms with Gasteiger partial charge in [0.05, 0.1) is 45.4 Å². The quantitative estimate of drug-likeness (QED) is 0.795. The first-order chi connectivity index (χ1) is 13.6. The zero-order valence-electron chi connectivity index (χ0n) is 15.7. The molecule has 2 aromatic rings. The molecule has 6 nitrogen and oxygen atoms in total. The molecule has 0 radical (unpaired) electrons. The van der Waals surface area contributed by atoms with Gasteiger partial charge in [-0.15, -0.1) is 0 Å². The molecule has 0 aliphatic carbocycles. The van der Waals surface area contributed by atoms with Gasteiger partial charge in [0.1, 0.15) is 11.6 Å². The number of carbonyl (C=O) groups excluding carboxylic acids is 2. The number of halogens is 1. The molecule has 7 heteroatoms. The topological polar surface area (TPSA) is 54.3 Å². The van der Waals surface area contributed by atoms with Crippen molar-refractivity contribution in [3.63, 3.8) is 0 Å². The van der Waals surface area contributed by atoms with Gasteiger partial charge in [-0.3, -0.25) is 9.59 Å². The number of hydrogen-bond acceptors (Lipinski definition) is 4. The number of amides is 2. The minimum Gasteiger partial charge on any atom is -0.497 e. The minimum atomic E-state index is -0.343. The Kier molecular flexibility index (Phi) is 5.00. The summed E-state index contributed by atoms with van der Waals surface area (Å²) in [4.78, 5) is 30.1. The Labute approximate surface area is 163 Å². The number of nitrogens with one attached hydrogen (secondary N) is 1. The molecule has 2 heterocycles. The number of quaternary nitrogens is 1. The number of piperazine rings is 1. The molecule has 4 rings (SSSR count). The molecule has 0 bridgehead atoms. The maximum Gasteiger partial charge on any atom is 0.292 e. The van der Waals surface area contributed by atoms with Crippen LogP contribution < -0.4 is 19.4 Å². The lowest BCUT2D eigenvalue weighted by atomic mass is 10.1. The number of rotatable bonds is 4. The minimum absolute atomic E-state index is 0.139. The number of anilines is 2. The molecular weight excluding hydrogens is 361 g/mol. The Hall–Kier alpha value is -2.93. The molecule has 2 aliphatic heterocycles. The third kappa shape index (κ3) is 3.45. The second-order valence-electron chi connectivity index (χ2n) is 7.14. The number of ether oxygens (including phenoxy) is 1. The van der Waals surface area contributed by atoms with Crippen molar-refractivity contribution in [2.45, 2.75) is 12.5 Å². The van der Waals surface area contributed by atoms with E-state index in [9.17, 15) is 14.0 Å². The van der Waals surface area contributed by atoms with E-state index in [2.05, 4.69) is 4.90 Å². The van der Waals surface area contributed by atoms with E-state index < -0.39 is 0 Å². The molecule has 2 aromatic carbocycles. The Bertz CT molecular complexity index is 861. The van der Waals surface area contributed by atoms with E-state index in [1.807, 2.05) is 0 Å². The summed E-state index contributed by atoms with van der Waals surface area (Å²) in [6.45, 7) is 3.05. The SMILES string of the molecule is COc1ccc(N2C(=O)C[C@H]([NH+]3CCN(c4ccc(F)cc4)CC3)C2=O)cc1. The lowest BCUT2D eigenvalue weighted by Crippen LogP contribution is -3.19. The first-order valence-electron chi connectivity index (χ1n) is 9.43. The highest BCUT2D eigenvalue weighted by atomic mass is 19.1. The third-order valence-corrected chi connectivity index (χ3v) is 5.57. The zero-order valence-corrected chi connectivity index (χ0v) is 15.7. The highest BCUT2D eigenvalue weighted by Gasteiger charge is 2.46. The lowest BCUT2D eigenvalue weighted by molar-refractivity contribution is -0.915. The summed E-state index contributed by atoms with van der Waals surface area (Å²) in [5.74, 6) is 0.137. The summed E-state index contributed by atoms with van der Waals surface area (Å²) in [7, 11) is 1.58. The number of imide groups is 1. The van der Waals surface area contributed by atoms with Crippen LogP contribution in [0.2, 0.25) is 0 Å². The van der Waals surface area contributed by atoms with E-state index in [4.69, 9.17) is 4.74 Å². The molecule has 0 unspecified atom stereocenters. The van der Waals surface area contributed by atoms with Crippen molar-refractivity contribution in [1.29, 1.82) is 0 Å². The van der Waals surface area contributed by atoms with Crippen LogP contribution in [-0.4, -0.2) is 51.1 Å². The van der Waals surface area contributed by atoms with Gasteiger partial charge in [0.25, 0.3) is 5.91 Å². The summed E-state index contributed by atoms with van der Waals surface area (Å²) in [5, 5.41) is 0. The van der Waals surface area contributed by atoms with E-state index in [1.165, 1.54) is 17.0 Å². The van der Waals surface area contributed by atoms with Crippen LogP contribution in [0.3, 0.4) is 0 Å². The van der Waals surface area contributed by atoms with E-state index in [1.54, 1.807) is 43.5 Å². The van der Waals surface area contributed by atoms with E-state index >= 15 is 0 Å². The fourth-order valence-electron chi connectivity index (χ4n) is 4.01. The first kappa shape index (κ1) is 18.4.